The Morgan fingerprint density at radius 2 is 2.00 bits per heavy atom. The zero-order valence-electron chi connectivity index (χ0n) is 9.10. The minimum atomic E-state index is -0.790. The number of carboxylic acid groups (broad SMARTS) is 1. The molecule has 0 aromatic heterocycles. The lowest BCUT2D eigenvalue weighted by atomic mass is 10.1. The summed E-state index contributed by atoms with van der Waals surface area (Å²) in [6, 6.07) is 9.50. The van der Waals surface area contributed by atoms with Crippen LogP contribution in [0.2, 0.25) is 0 Å². The van der Waals surface area contributed by atoms with Crippen LogP contribution < -0.4 is 5.32 Å². The molecule has 0 unspecified atom stereocenters. The van der Waals surface area contributed by atoms with Gasteiger partial charge >= 0.3 is 5.97 Å². The summed E-state index contributed by atoms with van der Waals surface area (Å²) in [6.45, 7) is 0.601. The van der Waals surface area contributed by atoms with Gasteiger partial charge in [-0.15, -0.1) is 0 Å². The summed E-state index contributed by atoms with van der Waals surface area (Å²) < 4.78 is 0. The molecule has 0 amide bonds. The summed E-state index contributed by atoms with van der Waals surface area (Å²) in [5.41, 5.74) is 1.01. The van der Waals surface area contributed by atoms with Gasteiger partial charge in [-0.1, -0.05) is 30.3 Å². The molecule has 0 saturated carbocycles. The first kappa shape index (κ1) is 12.7. The lowest BCUT2D eigenvalue weighted by molar-refractivity contribution is -0.137. The summed E-state index contributed by atoms with van der Waals surface area (Å²) in [7, 11) is 0. The van der Waals surface area contributed by atoms with E-state index in [-0.39, 0.29) is 19.1 Å². The lowest BCUT2D eigenvalue weighted by Crippen LogP contribution is -2.25. The maximum absolute atomic E-state index is 10.3. The van der Waals surface area contributed by atoms with Crippen LogP contribution in [-0.4, -0.2) is 29.3 Å². The van der Waals surface area contributed by atoms with Gasteiger partial charge in [-0.05, 0) is 18.5 Å². The van der Waals surface area contributed by atoms with E-state index in [1.165, 1.54) is 0 Å². The van der Waals surface area contributed by atoms with Crippen molar-refractivity contribution in [1.82, 2.24) is 5.32 Å². The molecule has 0 aliphatic carbocycles. The summed E-state index contributed by atoms with van der Waals surface area (Å²) in [6.07, 6.45) is 0.721. The number of rotatable bonds is 7. The molecule has 3 N–H and O–H groups in total. The van der Waals surface area contributed by atoms with E-state index < -0.39 is 5.97 Å². The quantitative estimate of drug-likeness (QED) is 0.607. The van der Waals surface area contributed by atoms with Crippen LogP contribution in [0.5, 0.6) is 0 Å². The van der Waals surface area contributed by atoms with Gasteiger partial charge in [0.05, 0.1) is 12.6 Å². The molecular weight excluding hydrogens is 206 g/mol. The van der Waals surface area contributed by atoms with Crippen molar-refractivity contribution in [3.63, 3.8) is 0 Å². The summed E-state index contributed by atoms with van der Waals surface area (Å²) >= 11 is 0. The van der Waals surface area contributed by atoms with Crippen LogP contribution in [0.4, 0.5) is 0 Å². The fourth-order valence-corrected chi connectivity index (χ4v) is 1.49. The summed E-state index contributed by atoms with van der Waals surface area (Å²) in [5, 5.41) is 20.8. The number of aliphatic carboxylic acids is 1. The van der Waals surface area contributed by atoms with E-state index in [0.717, 1.165) is 5.56 Å². The van der Waals surface area contributed by atoms with Crippen molar-refractivity contribution in [2.75, 3.05) is 13.2 Å². The van der Waals surface area contributed by atoms with E-state index in [1.54, 1.807) is 0 Å². The predicted molar refractivity (Wildman–Crippen MR) is 61.1 cm³/mol. The van der Waals surface area contributed by atoms with E-state index in [0.29, 0.717) is 13.0 Å². The van der Waals surface area contributed by atoms with Crippen LogP contribution in [0.3, 0.4) is 0 Å². The van der Waals surface area contributed by atoms with Crippen molar-refractivity contribution in [3.05, 3.63) is 35.9 Å². The normalized spacial score (nSPS) is 12.3. The molecule has 0 spiro atoms. The highest BCUT2D eigenvalue weighted by atomic mass is 16.4. The SMILES string of the molecule is O=C(O)CCCN[C@@H](CO)c1ccccc1. The second kappa shape index (κ2) is 6.98. The Kier molecular flexibility index (Phi) is 5.53. The zero-order valence-corrected chi connectivity index (χ0v) is 9.10. The smallest absolute Gasteiger partial charge is 0.303 e. The maximum Gasteiger partial charge on any atom is 0.303 e. The van der Waals surface area contributed by atoms with Crippen LogP contribution in [0.15, 0.2) is 30.3 Å². The molecule has 0 heterocycles. The van der Waals surface area contributed by atoms with Crippen molar-refractivity contribution < 1.29 is 15.0 Å². The fraction of sp³-hybridized carbons (Fsp3) is 0.417. The Bertz CT molecular complexity index is 313. The molecule has 1 atom stereocenters. The fourth-order valence-electron chi connectivity index (χ4n) is 1.49. The molecular formula is C12H17NO3. The van der Waals surface area contributed by atoms with Gasteiger partial charge in [0.25, 0.3) is 0 Å². The highest BCUT2D eigenvalue weighted by Crippen LogP contribution is 2.11. The first-order valence-corrected chi connectivity index (χ1v) is 5.35. The van der Waals surface area contributed by atoms with Gasteiger partial charge in [-0.3, -0.25) is 4.79 Å². The molecule has 1 aromatic carbocycles. The van der Waals surface area contributed by atoms with Crippen molar-refractivity contribution in [3.8, 4) is 0 Å². The minimum Gasteiger partial charge on any atom is -0.481 e. The van der Waals surface area contributed by atoms with Crippen molar-refractivity contribution in [2.45, 2.75) is 18.9 Å². The van der Waals surface area contributed by atoms with Crippen molar-refractivity contribution in [1.29, 1.82) is 0 Å². The van der Waals surface area contributed by atoms with Gasteiger partial charge < -0.3 is 15.5 Å². The molecule has 0 fully saturated rings. The van der Waals surface area contributed by atoms with Crippen LogP contribution in [-0.2, 0) is 4.79 Å². The average Bonchev–Trinajstić information content (AvgIpc) is 2.30. The van der Waals surface area contributed by atoms with Crippen LogP contribution >= 0.6 is 0 Å². The Balaban J connectivity index is 2.35. The zero-order chi connectivity index (χ0) is 11.8. The molecule has 16 heavy (non-hydrogen) atoms. The van der Waals surface area contributed by atoms with E-state index >= 15 is 0 Å². The number of hydrogen-bond acceptors (Lipinski definition) is 3. The molecule has 0 aliphatic rings. The van der Waals surface area contributed by atoms with E-state index in [4.69, 9.17) is 5.11 Å². The number of carbonyl (C=O) groups is 1. The molecule has 4 heteroatoms. The van der Waals surface area contributed by atoms with Crippen molar-refractivity contribution in [2.24, 2.45) is 0 Å². The second-order valence-corrected chi connectivity index (χ2v) is 3.60. The van der Waals surface area contributed by atoms with Crippen LogP contribution in [0.1, 0.15) is 24.4 Å². The van der Waals surface area contributed by atoms with E-state index in [9.17, 15) is 9.90 Å². The van der Waals surface area contributed by atoms with Gasteiger partial charge in [0.15, 0.2) is 0 Å². The molecule has 88 valence electrons. The number of nitrogens with one attached hydrogen (secondary N) is 1. The topological polar surface area (TPSA) is 69.6 Å². The molecule has 0 saturated heterocycles. The average molecular weight is 223 g/mol. The molecule has 1 aromatic rings. The van der Waals surface area contributed by atoms with Gasteiger partial charge in [0.1, 0.15) is 0 Å². The van der Waals surface area contributed by atoms with Gasteiger partial charge in [-0.25, -0.2) is 0 Å². The van der Waals surface area contributed by atoms with Crippen LogP contribution in [0.25, 0.3) is 0 Å². The van der Waals surface area contributed by atoms with Gasteiger partial charge in [0, 0.05) is 6.42 Å². The summed E-state index contributed by atoms with van der Waals surface area (Å²) in [4.78, 5) is 10.3. The Hall–Kier alpha value is -1.39. The number of benzene rings is 1. The number of carboxylic acids is 1. The number of aliphatic hydroxyl groups excluding tert-OH is 1. The number of hydrogen-bond donors (Lipinski definition) is 3. The lowest BCUT2D eigenvalue weighted by Gasteiger charge is -2.16. The highest BCUT2D eigenvalue weighted by molar-refractivity contribution is 5.66. The third-order valence-corrected chi connectivity index (χ3v) is 2.34. The van der Waals surface area contributed by atoms with Crippen LogP contribution in [0, 0.1) is 0 Å². The summed E-state index contributed by atoms with van der Waals surface area (Å²) in [5.74, 6) is -0.790. The first-order valence-electron chi connectivity index (χ1n) is 5.35. The maximum atomic E-state index is 10.3. The molecule has 0 radical (unpaired) electrons. The minimum absolute atomic E-state index is 0.0110. The third-order valence-electron chi connectivity index (χ3n) is 2.34. The van der Waals surface area contributed by atoms with Gasteiger partial charge in [0.2, 0.25) is 0 Å². The predicted octanol–water partition coefficient (Wildman–Crippen LogP) is 1.17. The molecule has 1 rings (SSSR count). The third kappa shape index (κ3) is 4.42. The van der Waals surface area contributed by atoms with Crippen molar-refractivity contribution >= 4 is 5.97 Å². The number of aliphatic hydroxyl groups is 1. The second-order valence-electron chi connectivity index (χ2n) is 3.60. The van der Waals surface area contributed by atoms with E-state index in [1.807, 2.05) is 30.3 Å². The van der Waals surface area contributed by atoms with E-state index in [2.05, 4.69) is 5.32 Å². The standard InChI is InChI=1S/C12H17NO3/c14-9-11(10-5-2-1-3-6-10)13-8-4-7-12(15)16/h1-3,5-6,11,13-14H,4,7-9H2,(H,15,16)/t11-/m0/s1. The molecule has 0 aliphatic heterocycles. The Labute approximate surface area is 94.9 Å². The Morgan fingerprint density at radius 3 is 2.56 bits per heavy atom. The van der Waals surface area contributed by atoms with Gasteiger partial charge in [-0.2, -0.15) is 0 Å². The molecule has 0 bridgehead atoms. The largest absolute Gasteiger partial charge is 0.481 e. The first-order chi connectivity index (χ1) is 7.74. The molecule has 4 nitrogen and oxygen atoms in total. The Morgan fingerprint density at radius 1 is 1.31 bits per heavy atom. The monoisotopic (exact) mass is 223 g/mol. The highest BCUT2D eigenvalue weighted by Gasteiger charge is 2.08.